The van der Waals surface area contributed by atoms with Gasteiger partial charge in [0.1, 0.15) is 11.4 Å². The maximum absolute atomic E-state index is 6.13. The molecule has 0 saturated carbocycles. The van der Waals surface area contributed by atoms with Crippen LogP contribution in [0.15, 0.2) is 47.6 Å². The van der Waals surface area contributed by atoms with Crippen LogP contribution >= 0.6 is 23.2 Å². The first-order chi connectivity index (χ1) is 9.20. The lowest BCUT2D eigenvalue weighted by molar-refractivity contribution is 0.339. The van der Waals surface area contributed by atoms with Crippen molar-refractivity contribution in [2.75, 3.05) is 6.61 Å². The zero-order valence-corrected chi connectivity index (χ0v) is 11.8. The van der Waals surface area contributed by atoms with Gasteiger partial charge in [0.2, 0.25) is 0 Å². The molecule has 1 heterocycles. The first kappa shape index (κ1) is 13.8. The molecule has 19 heavy (non-hydrogen) atoms. The second-order valence-corrected chi connectivity index (χ2v) is 4.43. The number of halogens is 2. The van der Waals surface area contributed by atoms with Crippen LogP contribution < -0.4 is 4.74 Å². The van der Waals surface area contributed by atoms with Crippen LogP contribution in [0.2, 0.25) is 5.02 Å². The monoisotopic (exact) mass is 294 g/mol. The molecule has 3 nitrogen and oxygen atoms in total. The first-order valence-electron chi connectivity index (χ1n) is 5.78. The quantitative estimate of drug-likeness (QED) is 0.781. The highest BCUT2D eigenvalue weighted by molar-refractivity contribution is 6.69. The van der Waals surface area contributed by atoms with Gasteiger partial charge in [-0.15, -0.1) is 0 Å². The van der Waals surface area contributed by atoms with Gasteiger partial charge in [0.25, 0.3) is 0 Å². The Morgan fingerprint density at radius 1 is 1.26 bits per heavy atom. The smallest absolute Gasteiger partial charge is 0.155 e. The van der Waals surface area contributed by atoms with Crippen molar-refractivity contribution in [3.8, 4) is 5.75 Å². The second kappa shape index (κ2) is 6.55. The van der Waals surface area contributed by atoms with Crippen molar-refractivity contribution in [1.29, 1.82) is 0 Å². The summed E-state index contributed by atoms with van der Waals surface area (Å²) >= 11 is 12.1. The van der Waals surface area contributed by atoms with E-state index in [9.17, 15) is 0 Å². The molecule has 0 fully saturated rings. The Hall–Kier alpha value is -1.58. The van der Waals surface area contributed by atoms with Crippen LogP contribution in [0.1, 0.15) is 12.6 Å². The normalized spacial score (nSPS) is 11.4. The lowest BCUT2D eigenvalue weighted by Gasteiger charge is -2.03. The SMILES string of the molecule is CCOc1ccc(/C(Cl)=N/c2ccccc2Cl)nc1. The molecule has 0 aliphatic rings. The molecule has 1 aromatic carbocycles. The first-order valence-corrected chi connectivity index (χ1v) is 6.54. The summed E-state index contributed by atoms with van der Waals surface area (Å²) in [7, 11) is 0. The van der Waals surface area contributed by atoms with Gasteiger partial charge in [-0.05, 0) is 31.2 Å². The number of nitrogens with zero attached hydrogens (tertiary/aromatic N) is 2. The number of hydrogen-bond donors (Lipinski definition) is 0. The Balaban J connectivity index is 2.24. The summed E-state index contributed by atoms with van der Waals surface area (Å²) in [6, 6.07) is 10.8. The third-order valence-electron chi connectivity index (χ3n) is 2.33. The summed E-state index contributed by atoms with van der Waals surface area (Å²) in [5.74, 6) is 0.702. The maximum atomic E-state index is 6.13. The summed E-state index contributed by atoms with van der Waals surface area (Å²) in [5.41, 5.74) is 1.19. The minimum Gasteiger partial charge on any atom is -0.492 e. The third kappa shape index (κ3) is 3.69. The van der Waals surface area contributed by atoms with Crippen molar-refractivity contribution >= 4 is 34.1 Å². The third-order valence-corrected chi connectivity index (χ3v) is 2.93. The summed E-state index contributed by atoms with van der Waals surface area (Å²) in [5, 5.41) is 0.836. The van der Waals surface area contributed by atoms with E-state index in [4.69, 9.17) is 27.9 Å². The number of ether oxygens (including phenoxy) is 1. The average Bonchev–Trinajstić information content (AvgIpc) is 2.42. The predicted octanol–water partition coefficient (Wildman–Crippen LogP) is 4.45. The highest BCUT2D eigenvalue weighted by Crippen LogP contribution is 2.25. The molecule has 0 radical (unpaired) electrons. The molecule has 0 bridgehead atoms. The lowest BCUT2D eigenvalue weighted by Crippen LogP contribution is -1.97. The molecular weight excluding hydrogens is 283 g/mol. The molecule has 0 spiro atoms. The molecule has 0 atom stereocenters. The Labute approximate surface area is 121 Å². The average molecular weight is 295 g/mol. The second-order valence-electron chi connectivity index (χ2n) is 3.67. The fraction of sp³-hybridized carbons (Fsp3) is 0.143. The van der Waals surface area contributed by atoms with Crippen LogP contribution in [0, 0.1) is 0 Å². The predicted molar refractivity (Wildman–Crippen MR) is 78.9 cm³/mol. The summed E-state index contributed by atoms with van der Waals surface area (Å²) < 4.78 is 5.31. The van der Waals surface area contributed by atoms with Gasteiger partial charge in [-0.3, -0.25) is 0 Å². The Morgan fingerprint density at radius 3 is 2.68 bits per heavy atom. The zero-order chi connectivity index (χ0) is 13.7. The molecule has 5 heteroatoms. The van der Waals surface area contributed by atoms with Crippen molar-refractivity contribution in [2.45, 2.75) is 6.92 Å². The van der Waals surface area contributed by atoms with E-state index in [0.717, 1.165) is 0 Å². The van der Waals surface area contributed by atoms with Crippen LogP contribution in [0.25, 0.3) is 0 Å². The highest BCUT2D eigenvalue weighted by Gasteiger charge is 2.04. The summed E-state index contributed by atoms with van der Waals surface area (Å²) in [6.07, 6.45) is 1.61. The topological polar surface area (TPSA) is 34.5 Å². The van der Waals surface area contributed by atoms with E-state index < -0.39 is 0 Å². The molecule has 0 amide bonds. The molecule has 0 aliphatic heterocycles. The van der Waals surface area contributed by atoms with Crippen LogP contribution in [0.4, 0.5) is 5.69 Å². The number of hydrogen-bond acceptors (Lipinski definition) is 3. The van der Waals surface area contributed by atoms with Crippen LogP contribution in [0.3, 0.4) is 0 Å². The number of rotatable bonds is 4. The van der Waals surface area contributed by atoms with E-state index >= 15 is 0 Å². The van der Waals surface area contributed by atoms with Crippen molar-refractivity contribution in [3.05, 3.63) is 53.3 Å². The molecule has 0 unspecified atom stereocenters. The van der Waals surface area contributed by atoms with Gasteiger partial charge in [-0.1, -0.05) is 35.3 Å². The van der Waals surface area contributed by atoms with Crippen molar-refractivity contribution in [3.63, 3.8) is 0 Å². The summed E-state index contributed by atoms with van der Waals surface area (Å²) in [4.78, 5) is 8.44. The minimum atomic E-state index is 0.288. The Bertz CT molecular complexity index is 582. The summed E-state index contributed by atoms with van der Waals surface area (Å²) in [6.45, 7) is 2.52. The van der Waals surface area contributed by atoms with Gasteiger partial charge in [-0.2, -0.15) is 0 Å². The van der Waals surface area contributed by atoms with E-state index in [1.807, 2.05) is 19.1 Å². The van der Waals surface area contributed by atoms with E-state index in [2.05, 4.69) is 9.98 Å². The van der Waals surface area contributed by atoms with Crippen molar-refractivity contribution < 1.29 is 4.74 Å². The van der Waals surface area contributed by atoms with Crippen molar-refractivity contribution in [1.82, 2.24) is 4.98 Å². The van der Waals surface area contributed by atoms with E-state index in [1.165, 1.54) is 0 Å². The fourth-order valence-corrected chi connectivity index (χ4v) is 1.84. The number of benzene rings is 1. The Morgan fingerprint density at radius 2 is 2.05 bits per heavy atom. The standard InChI is InChI=1S/C14H12Cl2N2O/c1-2-19-10-7-8-13(17-9-10)14(16)18-12-6-4-3-5-11(12)15/h3-9H,2H2,1H3/b18-14-. The van der Waals surface area contributed by atoms with Gasteiger partial charge in [0, 0.05) is 0 Å². The highest BCUT2D eigenvalue weighted by atomic mass is 35.5. The van der Waals surface area contributed by atoms with E-state index in [0.29, 0.717) is 28.8 Å². The molecule has 0 saturated heterocycles. The molecule has 2 rings (SSSR count). The van der Waals surface area contributed by atoms with Crippen LogP contribution in [0.5, 0.6) is 5.75 Å². The largest absolute Gasteiger partial charge is 0.492 e. The van der Waals surface area contributed by atoms with E-state index in [-0.39, 0.29) is 5.17 Å². The molecule has 1 aromatic heterocycles. The van der Waals surface area contributed by atoms with Gasteiger partial charge < -0.3 is 4.74 Å². The van der Waals surface area contributed by atoms with Gasteiger partial charge in [-0.25, -0.2) is 9.98 Å². The number of aliphatic imine (C=N–C) groups is 1. The van der Waals surface area contributed by atoms with Gasteiger partial charge >= 0.3 is 0 Å². The zero-order valence-electron chi connectivity index (χ0n) is 10.3. The molecule has 0 N–H and O–H groups in total. The molecule has 2 aromatic rings. The number of pyridine rings is 1. The molecule has 0 aliphatic carbocycles. The van der Waals surface area contributed by atoms with Crippen LogP contribution in [-0.4, -0.2) is 16.8 Å². The minimum absolute atomic E-state index is 0.288. The molecule has 98 valence electrons. The van der Waals surface area contributed by atoms with Crippen molar-refractivity contribution in [2.24, 2.45) is 4.99 Å². The van der Waals surface area contributed by atoms with E-state index in [1.54, 1.807) is 30.5 Å². The van der Waals surface area contributed by atoms with Gasteiger partial charge in [0.15, 0.2) is 5.17 Å². The lowest BCUT2D eigenvalue weighted by atomic mass is 10.3. The number of para-hydroxylation sites is 1. The number of aromatic nitrogens is 1. The molecular formula is C14H12Cl2N2O. The maximum Gasteiger partial charge on any atom is 0.155 e. The van der Waals surface area contributed by atoms with Gasteiger partial charge in [0.05, 0.1) is 23.5 Å². The fourth-order valence-electron chi connectivity index (χ4n) is 1.46. The van der Waals surface area contributed by atoms with Crippen LogP contribution in [-0.2, 0) is 0 Å². The Kier molecular flexibility index (Phi) is 4.77.